The molecular formula is C15H25NO3. The maximum absolute atomic E-state index is 12.0. The first kappa shape index (κ1) is 15.7. The summed E-state index contributed by atoms with van der Waals surface area (Å²) in [7, 11) is 0. The average Bonchev–Trinajstić information content (AvgIpc) is 2.52. The van der Waals surface area contributed by atoms with Gasteiger partial charge in [-0.2, -0.15) is 0 Å². The maximum atomic E-state index is 12.0. The number of rotatable bonds is 5. The summed E-state index contributed by atoms with van der Waals surface area (Å²) in [5, 5.41) is 8.97. The Labute approximate surface area is 115 Å². The van der Waals surface area contributed by atoms with Gasteiger partial charge in [-0.1, -0.05) is 26.8 Å². The van der Waals surface area contributed by atoms with Gasteiger partial charge in [0.2, 0.25) is 5.91 Å². The van der Waals surface area contributed by atoms with Crippen LogP contribution in [0.2, 0.25) is 0 Å². The third-order valence-electron chi connectivity index (χ3n) is 4.01. The molecular weight excluding hydrogens is 242 g/mol. The molecule has 1 amide bonds. The molecule has 1 saturated heterocycles. The summed E-state index contributed by atoms with van der Waals surface area (Å²) in [5.41, 5.74) is 0.387. The van der Waals surface area contributed by atoms with E-state index in [0.717, 1.165) is 19.4 Å². The molecule has 1 N–H and O–H groups in total. The first-order chi connectivity index (χ1) is 8.95. The number of aliphatic carboxylic acids is 1. The Morgan fingerprint density at radius 2 is 2.16 bits per heavy atom. The van der Waals surface area contributed by atoms with E-state index in [1.807, 2.05) is 6.92 Å². The fourth-order valence-electron chi connectivity index (χ4n) is 2.52. The lowest BCUT2D eigenvalue weighted by Crippen LogP contribution is -2.31. The van der Waals surface area contributed by atoms with Gasteiger partial charge < -0.3 is 10.0 Å². The maximum Gasteiger partial charge on any atom is 0.331 e. The van der Waals surface area contributed by atoms with Crippen LogP contribution in [-0.2, 0) is 9.59 Å². The molecule has 1 aliphatic heterocycles. The standard InChI is InChI=1S/C15H25NO3/c1-4-12(15(18)19)7-9-16-10-8-13(11(2)3)5-6-14(16)17/h7,11,13H,4-6,8-10H2,1-3H3,(H,18,19). The fourth-order valence-corrected chi connectivity index (χ4v) is 2.52. The van der Waals surface area contributed by atoms with Gasteiger partial charge in [0, 0.05) is 25.1 Å². The van der Waals surface area contributed by atoms with Crippen LogP contribution in [0, 0.1) is 11.8 Å². The summed E-state index contributed by atoms with van der Waals surface area (Å²) in [4.78, 5) is 24.7. The van der Waals surface area contributed by atoms with Gasteiger partial charge in [-0.25, -0.2) is 4.79 Å². The Morgan fingerprint density at radius 3 is 2.68 bits per heavy atom. The molecule has 1 heterocycles. The molecule has 1 rings (SSSR count). The van der Waals surface area contributed by atoms with E-state index in [1.165, 1.54) is 0 Å². The number of carbonyl (C=O) groups excluding carboxylic acids is 1. The Balaban J connectivity index is 2.63. The molecule has 0 aliphatic carbocycles. The summed E-state index contributed by atoms with van der Waals surface area (Å²) < 4.78 is 0. The van der Waals surface area contributed by atoms with Crippen molar-refractivity contribution in [2.75, 3.05) is 13.1 Å². The highest BCUT2D eigenvalue weighted by molar-refractivity contribution is 5.86. The monoisotopic (exact) mass is 267 g/mol. The fraction of sp³-hybridized carbons (Fsp3) is 0.733. The molecule has 4 nitrogen and oxygen atoms in total. The smallest absolute Gasteiger partial charge is 0.331 e. The minimum absolute atomic E-state index is 0.153. The van der Waals surface area contributed by atoms with Crippen molar-refractivity contribution in [3.8, 4) is 0 Å². The number of hydrogen-bond donors (Lipinski definition) is 1. The lowest BCUT2D eigenvalue weighted by atomic mass is 9.89. The highest BCUT2D eigenvalue weighted by Crippen LogP contribution is 2.25. The third-order valence-corrected chi connectivity index (χ3v) is 4.01. The van der Waals surface area contributed by atoms with E-state index in [-0.39, 0.29) is 5.91 Å². The van der Waals surface area contributed by atoms with Crippen LogP contribution < -0.4 is 0 Å². The van der Waals surface area contributed by atoms with E-state index in [0.29, 0.717) is 36.8 Å². The molecule has 0 spiro atoms. The lowest BCUT2D eigenvalue weighted by molar-refractivity contribution is -0.133. The molecule has 0 aromatic carbocycles. The normalized spacial score (nSPS) is 21.7. The van der Waals surface area contributed by atoms with E-state index in [1.54, 1.807) is 11.0 Å². The summed E-state index contributed by atoms with van der Waals surface area (Å²) in [6, 6.07) is 0. The molecule has 1 unspecified atom stereocenters. The summed E-state index contributed by atoms with van der Waals surface area (Å²) in [5.74, 6) is 0.474. The molecule has 0 bridgehead atoms. The van der Waals surface area contributed by atoms with Gasteiger partial charge in [-0.05, 0) is 31.1 Å². The van der Waals surface area contributed by atoms with Gasteiger partial charge in [0.1, 0.15) is 0 Å². The highest BCUT2D eigenvalue weighted by Gasteiger charge is 2.23. The zero-order chi connectivity index (χ0) is 14.4. The highest BCUT2D eigenvalue weighted by atomic mass is 16.4. The second-order valence-corrected chi connectivity index (χ2v) is 5.56. The van der Waals surface area contributed by atoms with Gasteiger partial charge in [-0.3, -0.25) is 4.79 Å². The van der Waals surface area contributed by atoms with Crippen LogP contribution in [0.5, 0.6) is 0 Å². The first-order valence-corrected chi connectivity index (χ1v) is 7.15. The van der Waals surface area contributed by atoms with Crippen molar-refractivity contribution >= 4 is 11.9 Å². The van der Waals surface area contributed by atoms with Crippen molar-refractivity contribution in [1.29, 1.82) is 0 Å². The van der Waals surface area contributed by atoms with Crippen LogP contribution >= 0.6 is 0 Å². The Morgan fingerprint density at radius 1 is 1.47 bits per heavy atom. The quantitative estimate of drug-likeness (QED) is 0.779. The molecule has 0 saturated carbocycles. The van der Waals surface area contributed by atoms with Crippen molar-refractivity contribution in [2.45, 2.75) is 46.5 Å². The average molecular weight is 267 g/mol. The van der Waals surface area contributed by atoms with Crippen LogP contribution in [0.1, 0.15) is 46.5 Å². The minimum Gasteiger partial charge on any atom is -0.478 e. The van der Waals surface area contributed by atoms with E-state index >= 15 is 0 Å². The van der Waals surface area contributed by atoms with Gasteiger partial charge >= 0.3 is 5.97 Å². The van der Waals surface area contributed by atoms with Crippen molar-refractivity contribution in [3.63, 3.8) is 0 Å². The van der Waals surface area contributed by atoms with E-state index in [9.17, 15) is 9.59 Å². The van der Waals surface area contributed by atoms with Crippen molar-refractivity contribution in [1.82, 2.24) is 4.90 Å². The third kappa shape index (κ3) is 4.69. The molecule has 1 fully saturated rings. The number of carbonyl (C=O) groups is 2. The lowest BCUT2D eigenvalue weighted by Gasteiger charge is -2.20. The molecule has 1 aliphatic rings. The van der Waals surface area contributed by atoms with Crippen molar-refractivity contribution < 1.29 is 14.7 Å². The van der Waals surface area contributed by atoms with Crippen molar-refractivity contribution in [2.24, 2.45) is 11.8 Å². The predicted molar refractivity (Wildman–Crippen MR) is 74.8 cm³/mol. The van der Waals surface area contributed by atoms with Crippen LogP contribution in [0.3, 0.4) is 0 Å². The van der Waals surface area contributed by atoms with Gasteiger partial charge in [0.25, 0.3) is 0 Å². The van der Waals surface area contributed by atoms with Crippen LogP contribution in [0.15, 0.2) is 11.6 Å². The number of carboxylic acids is 1. The van der Waals surface area contributed by atoms with Gasteiger partial charge in [0.05, 0.1) is 0 Å². The Bertz CT molecular complexity index is 360. The molecule has 0 radical (unpaired) electrons. The van der Waals surface area contributed by atoms with Gasteiger partial charge in [-0.15, -0.1) is 0 Å². The molecule has 0 aromatic rings. The molecule has 4 heteroatoms. The van der Waals surface area contributed by atoms with Crippen LogP contribution in [0.25, 0.3) is 0 Å². The zero-order valence-corrected chi connectivity index (χ0v) is 12.2. The number of nitrogens with zero attached hydrogens (tertiary/aromatic N) is 1. The van der Waals surface area contributed by atoms with E-state index in [4.69, 9.17) is 5.11 Å². The molecule has 0 aromatic heterocycles. The SMILES string of the molecule is CCC(=CCN1CCC(C(C)C)CCC1=O)C(=O)O. The van der Waals surface area contributed by atoms with Crippen LogP contribution in [0.4, 0.5) is 0 Å². The minimum atomic E-state index is -0.884. The van der Waals surface area contributed by atoms with E-state index in [2.05, 4.69) is 13.8 Å². The predicted octanol–water partition coefficient (Wildman–Crippen LogP) is 2.69. The number of carboxylic acid groups (broad SMARTS) is 1. The number of amides is 1. The largest absolute Gasteiger partial charge is 0.478 e. The topological polar surface area (TPSA) is 57.6 Å². The molecule has 19 heavy (non-hydrogen) atoms. The molecule has 1 atom stereocenters. The van der Waals surface area contributed by atoms with Gasteiger partial charge in [0.15, 0.2) is 0 Å². The second kappa shape index (κ2) is 7.31. The Hall–Kier alpha value is -1.32. The van der Waals surface area contributed by atoms with E-state index < -0.39 is 5.97 Å². The second-order valence-electron chi connectivity index (χ2n) is 5.56. The summed E-state index contributed by atoms with van der Waals surface area (Å²) in [6.45, 7) is 7.39. The number of likely N-dealkylation sites (tertiary alicyclic amines) is 1. The molecule has 108 valence electrons. The Kier molecular flexibility index (Phi) is 6.06. The zero-order valence-electron chi connectivity index (χ0n) is 12.2. The van der Waals surface area contributed by atoms with Crippen LogP contribution in [-0.4, -0.2) is 35.0 Å². The number of hydrogen-bond acceptors (Lipinski definition) is 2. The summed E-state index contributed by atoms with van der Waals surface area (Å²) in [6.07, 6.45) is 4.73. The summed E-state index contributed by atoms with van der Waals surface area (Å²) >= 11 is 0. The van der Waals surface area contributed by atoms with Crippen molar-refractivity contribution in [3.05, 3.63) is 11.6 Å². The first-order valence-electron chi connectivity index (χ1n) is 7.15.